The molecule has 7 nitrogen and oxygen atoms in total. The van der Waals surface area contributed by atoms with Gasteiger partial charge in [-0.05, 0) is 18.1 Å². The van der Waals surface area contributed by atoms with Gasteiger partial charge < -0.3 is 14.7 Å². The smallest absolute Gasteiger partial charge is 0.277 e. The van der Waals surface area contributed by atoms with E-state index in [4.69, 9.17) is 4.74 Å². The molecule has 2 aliphatic heterocycles. The zero-order valence-corrected chi connectivity index (χ0v) is 17.7. The topological polar surface area (TPSA) is 75.0 Å². The molecule has 2 bridgehead atoms. The summed E-state index contributed by atoms with van der Waals surface area (Å²) in [5.74, 6) is -1.42. The molecule has 1 atom stereocenters. The lowest BCUT2D eigenvalue weighted by molar-refractivity contribution is 0.0682. The quantitative estimate of drug-likeness (QED) is 0.580. The van der Waals surface area contributed by atoms with Crippen molar-refractivity contribution in [2.45, 2.75) is 12.5 Å². The summed E-state index contributed by atoms with van der Waals surface area (Å²) in [6.07, 6.45) is 5.66. The van der Waals surface area contributed by atoms with Crippen molar-refractivity contribution in [1.82, 2.24) is 9.58 Å². The number of benzene rings is 2. The van der Waals surface area contributed by atoms with Crippen molar-refractivity contribution in [1.29, 1.82) is 0 Å². The second-order valence-corrected chi connectivity index (χ2v) is 7.91. The minimum Gasteiger partial charge on any atom is -0.502 e. The van der Waals surface area contributed by atoms with Crippen LogP contribution in [0.1, 0.15) is 34.1 Å². The van der Waals surface area contributed by atoms with Gasteiger partial charge in [-0.25, -0.2) is 4.39 Å². The normalized spacial score (nSPS) is 18.9. The first-order valence-electron chi connectivity index (χ1n) is 10.7. The van der Waals surface area contributed by atoms with E-state index >= 15 is 0 Å². The number of amides is 1. The van der Waals surface area contributed by atoms with E-state index in [9.17, 15) is 19.1 Å². The Morgan fingerprint density at radius 1 is 1.00 bits per heavy atom. The molecule has 0 saturated heterocycles. The molecule has 1 amide bonds. The second kappa shape index (κ2) is 8.46. The largest absolute Gasteiger partial charge is 0.502 e. The summed E-state index contributed by atoms with van der Waals surface area (Å²) in [5.41, 5.74) is 0.644. The molecule has 5 rings (SSSR count). The molecule has 0 fully saturated rings. The summed E-state index contributed by atoms with van der Waals surface area (Å²) < 4.78 is 22.3. The summed E-state index contributed by atoms with van der Waals surface area (Å²) in [6.45, 7) is 0.733. The third-order valence-corrected chi connectivity index (χ3v) is 5.90. The Bertz CT molecular complexity index is 1290. The molecule has 8 heteroatoms. The van der Waals surface area contributed by atoms with Gasteiger partial charge in [0.1, 0.15) is 19.3 Å². The van der Waals surface area contributed by atoms with Crippen molar-refractivity contribution in [3.8, 4) is 11.5 Å². The minimum atomic E-state index is -0.636. The molecule has 0 aliphatic carbocycles. The van der Waals surface area contributed by atoms with E-state index in [2.05, 4.69) is 0 Å². The maximum absolute atomic E-state index is 15.0. The van der Waals surface area contributed by atoms with Gasteiger partial charge in [-0.15, -0.1) is 0 Å². The number of hydrogen-bond donors (Lipinski definition) is 1. The molecule has 0 saturated carbocycles. The lowest BCUT2D eigenvalue weighted by atomic mass is 9.96. The maximum Gasteiger partial charge on any atom is 0.277 e. The fraction of sp³-hybridized carbons (Fsp3) is 0.200. The van der Waals surface area contributed by atoms with Crippen molar-refractivity contribution >= 4 is 5.91 Å². The number of pyridine rings is 1. The van der Waals surface area contributed by atoms with Crippen LogP contribution in [0.3, 0.4) is 0 Å². The van der Waals surface area contributed by atoms with Gasteiger partial charge in [0.15, 0.2) is 23.0 Å². The number of carbonyl (C=O) groups excluding carboxylic acids is 1. The molecule has 168 valence electrons. The van der Waals surface area contributed by atoms with Gasteiger partial charge >= 0.3 is 0 Å². The molecule has 2 aromatic carbocycles. The fourth-order valence-electron chi connectivity index (χ4n) is 4.35. The lowest BCUT2D eigenvalue weighted by Gasteiger charge is -2.44. The highest BCUT2D eigenvalue weighted by Gasteiger charge is 2.37. The number of fused-ring (bicyclic) bond motifs is 5. The summed E-state index contributed by atoms with van der Waals surface area (Å²) in [4.78, 5) is 27.0. The Labute approximate surface area is 189 Å². The van der Waals surface area contributed by atoms with E-state index in [0.29, 0.717) is 18.5 Å². The highest BCUT2D eigenvalue weighted by atomic mass is 19.1. The molecule has 3 heterocycles. The van der Waals surface area contributed by atoms with Crippen LogP contribution in [0.15, 0.2) is 77.7 Å². The van der Waals surface area contributed by atoms with Gasteiger partial charge in [-0.1, -0.05) is 54.6 Å². The van der Waals surface area contributed by atoms with Gasteiger partial charge in [0.2, 0.25) is 5.43 Å². The number of nitrogens with zero attached hydrogens (tertiary/aromatic N) is 3. The monoisotopic (exact) mass is 447 g/mol. The van der Waals surface area contributed by atoms with Gasteiger partial charge in [0.25, 0.3) is 5.91 Å². The van der Waals surface area contributed by atoms with E-state index in [1.807, 2.05) is 41.4 Å². The average molecular weight is 447 g/mol. The van der Waals surface area contributed by atoms with Crippen LogP contribution < -0.4 is 15.2 Å². The second-order valence-electron chi connectivity index (χ2n) is 7.91. The number of halogens is 1. The van der Waals surface area contributed by atoms with Crippen molar-refractivity contribution in [2.24, 2.45) is 0 Å². The third-order valence-electron chi connectivity index (χ3n) is 5.90. The average Bonchev–Trinajstić information content (AvgIpc) is 2.81. The summed E-state index contributed by atoms with van der Waals surface area (Å²) in [6, 6.07) is 14.9. The van der Waals surface area contributed by atoms with Gasteiger partial charge in [-0.3, -0.25) is 19.3 Å². The van der Waals surface area contributed by atoms with E-state index in [0.717, 1.165) is 5.56 Å². The molecule has 0 spiro atoms. The minimum absolute atomic E-state index is 0.116. The van der Waals surface area contributed by atoms with Crippen molar-refractivity contribution < 1.29 is 19.0 Å². The Hall–Kier alpha value is -4.07. The first-order valence-corrected chi connectivity index (χ1v) is 10.7. The van der Waals surface area contributed by atoms with Crippen LogP contribution in [-0.4, -0.2) is 40.4 Å². The highest BCUT2D eigenvalue weighted by molar-refractivity contribution is 5.96. The van der Waals surface area contributed by atoms with E-state index in [1.54, 1.807) is 23.1 Å². The van der Waals surface area contributed by atoms with Gasteiger partial charge in [0.05, 0.1) is 0 Å². The summed E-state index contributed by atoms with van der Waals surface area (Å²) >= 11 is 0. The molecular weight excluding hydrogens is 425 g/mol. The first kappa shape index (κ1) is 20.8. The molecule has 0 unspecified atom stereocenters. The van der Waals surface area contributed by atoms with Crippen molar-refractivity contribution in [3.63, 3.8) is 0 Å². The van der Waals surface area contributed by atoms with Crippen LogP contribution in [-0.2, 0) is 0 Å². The zero-order valence-electron chi connectivity index (χ0n) is 17.7. The number of aromatic hydroxyl groups is 1. The Balaban J connectivity index is 1.80. The van der Waals surface area contributed by atoms with Crippen LogP contribution in [0, 0.1) is 5.82 Å². The van der Waals surface area contributed by atoms with Crippen LogP contribution in [0.4, 0.5) is 4.39 Å². The SMILES string of the molecule is O=C1c2c(O)c(=O)ccn2N2CN1CC/C=C\COc1c(F)cccc1[C@@H]2c1ccccc1. The molecule has 1 aromatic heterocycles. The van der Waals surface area contributed by atoms with E-state index in [1.165, 1.54) is 23.0 Å². The number of hydrogen-bond acceptors (Lipinski definition) is 5. The summed E-state index contributed by atoms with van der Waals surface area (Å²) in [7, 11) is 0. The van der Waals surface area contributed by atoms with Gasteiger partial charge in [-0.2, -0.15) is 0 Å². The summed E-state index contributed by atoms with van der Waals surface area (Å²) in [5, 5.41) is 12.4. The van der Waals surface area contributed by atoms with Crippen molar-refractivity contribution in [3.05, 3.63) is 106 Å². The molecular formula is C25H22FN3O4. The highest BCUT2D eigenvalue weighted by Crippen LogP contribution is 2.38. The Morgan fingerprint density at radius 2 is 1.82 bits per heavy atom. The van der Waals surface area contributed by atoms with E-state index in [-0.39, 0.29) is 24.7 Å². The number of aromatic nitrogens is 1. The third kappa shape index (κ3) is 3.63. The first-order chi connectivity index (χ1) is 16.1. The number of rotatable bonds is 1. The van der Waals surface area contributed by atoms with Crippen LogP contribution in [0.5, 0.6) is 11.5 Å². The predicted octanol–water partition coefficient (Wildman–Crippen LogP) is 3.17. The molecule has 3 aromatic rings. The van der Waals surface area contributed by atoms with Crippen molar-refractivity contribution in [2.75, 3.05) is 24.8 Å². The van der Waals surface area contributed by atoms with Crippen LogP contribution >= 0.6 is 0 Å². The van der Waals surface area contributed by atoms with Crippen LogP contribution in [0.25, 0.3) is 0 Å². The zero-order chi connectivity index (χ0) is 22.9. The molecule has 1 N–H and O–H groups in total. The molecule has 0 radical (unpaired) electrons. The molecule has 33 heavy (non-hydrogen) atoms. The molecule has 2 aliphatic rings. The maximum atomic E-state index is 15.0. The number of carbonyl (C=O) groups is 1. The van der Waals surface area contributed by atoms with Crippen LogP contribution in [0.2, 0.25) is 0 Å². The number of ether oxygens (including phenoxy) is 1. The number of para-hydroxylation sites is 1. The standard InChI is InChI=1S/C25H22FN3O4/c26-19-11-7-10-18-21(17-8-3-1-4-9-17)29-16-27(13-5-2-6-15-33-24(18)19)25(32)22-23(31)20(30)12-14-28(22)29/h1-4,6-12,14,21,31H,5,13,15-16H2/b6-2-/t21-/m0/s1. The van der Waals surface area contributed by atoms with Gasteiger partial charge in [0, 0.05) is 24.4 Å². The fourth-order valence-corrected chi connectivity index (χ4v) is 4.35. The lowest BCUT2D eigenvalue weighted by Crippen LogP contribution is -2.55. The Kier molecular flexibility index (Phi) is 5.34. The van der Waals surface area contributed by atoms with E-state index < -0.39 is 28.9 Å². The predicted molar refractivity (Wildman–Crippen MR) is 120 cm³/mol. The Morgan fingerprint density at radius 3 is 2.64 bits per heavy atom.